The van der Waals surface area contributed by atoms with Crippen LogP contribution in [0.5, 0.6) is 0 Å². The van der Waals surface area contributed by atoms with Gasteiger partial charge in [0.05, 0.1) is 0 Å². The highest BCUT2D eigenvalue weighted by Crippen LogP contribution is 1.96. The minimum Gasteiger partial charge on any atom is -0.386 e. The van der Waals surface area contributed by atoms with Crippen LogP contribution >= 0.6 is 0 Å². The zero-order valence-electron chi connectivity index (χ0n) is 9.71. The molecule has 0 aliphatic carbocycles. The molecule has 92 valence electrons. The van der Waals surface area contributed by atoms with Crippen LogP contribution in [0.1, 0.15) is 25.0 Å². The highest BCUT2D eigenvalue weighted by molar-refractivity contribution is 5.96. The molecular weight excluding hydrogens is 216 g/mol. The van der Waals surface area contributed by atoms with E-state index in [1.807, 2.05) is 6.07 Å². The van der Waals surface area contributed by atoms with Crippen LogP contribution in [0.3, 0.4) is 0 Å². The predicted octanol–water partition coefficient (Wildman–Crippen LogP) is 0.188. The number of rotatable bonds is 6. The molecule has 0 spiro atoms. The molecule has 6 heteroatoms. The minimum atomic E-state index is 0.257. The zero-order chi connectivity index (χ0) is 12.5. The summed E-state index contributed by atoms with van der Waals surface area (Å²) in [5.74, 6) is 0.713. The van der Waals surface area contributed by atoms with Gasteiger partial charge >= 0.3 is 0 Å². The third kappa shape index (κ3) is 5.07. The topological polar surface area (TPSA) is 116 Å². The van der Waals surface area contributed by atoms with Gasteiger partial charge in [0.2, 0.25) is 0 Å². The Bertz CT molecular complexity index is 384. The van der Waals surface area contributed by atoms with E-state index in [0.717, 1.165) is 12.8 Å². The summed E-state index contributed by atoms with van der Waals surface area (Å²) in [5.41, 5.74) is 17.3. The van der Waals surface area contributed by atoms with Gasteiger partial charge in [0, 0.05) is 12.6 Å². The number of hydrogen-bond donors (Lipinski definition) is 3. The lowest BCUT2D eigenvalue weighted by Crippen LogP contribution is -2.16. The van der Waals surface area contributed by atoms with Crippen LogP contribution in [0, 0.1) is 0 Å². The van der Waals surface area contributed by atoms with Crippen molar-refractivity contribution in [2.24, 2.45) is 27.4 Å². The summed E-state index contributed by atoms with van der Waals surface area (Å²) < 4.78 is 0. The summed E-state index contributed by atoms with van der Waals surface area (Å²) >= 11 is 0. The van der Waals surface area contributed by atoms with Crippen molar-refractivity contribution in [1.29, 1.82) is 0 Å². The molecular formula is C11H18N6. The van der Waals surface area contributed by atoms with Gasteiger partial charge < -0.3 is 17.2 Å². The van der Waals surface area contributed by atoms with Crippen LogP contribution < -0.4 is 17.2 Å². The smallest absolute Gasteiger partial charge is 0.172 e. The maximum Gasteiger partial charge on any atom is 0.172 e. The number of pyridine rings is 1. The van der Waals surface area contributed by atoms with Crippen LogP contribution in [0.4, 0.5) is 0 Å². The van der Waals surface area contributed by atoms with E-state index in [9.17, 15) is 0 Å². The number of aromatic nitrogens is 1. The van der Waals surface area contributed by atoms with E-state index >= 15 is 0 Å². The quantitative estimate of drug-likeness (QED) is 0.282. The Morgan fingerprint density at radius 1 is 1.18 bits per heavy atom. The van der Waals surface area contributed by atoms with Crippen molar-refractivity contribution in [1.82, 2.24) is 4.98 Å². The number of nitrogens with zero attached hydrogens (tertiary/aromatic N) is 3. The molecule has 6 N–H and O–H groups in total. The molecule has 0 fully saturated rings. The van der Waals surface area contributed by atoms with Gasteiger partial charge in [-0.3, -0.25) is 4.98 Å². The van der Waals surface area contributed by atoms with Crippen LogP contribution in [0.2, 0.25) is 0 Å². The highest BCUT2D eigenvalue weighted by atomic mass is 15.3. The Balaban J connectivity index is 2.54. The van der Waals surface area contributed by atoms with Crippen molar-refractivity contribution in [3.8, 4) is 0 Å². The minimum absolute atomic E-state index is 0.257. The van der Waals surface area contributed by atoms with E-state index in [4.69, 9.17) is 17.2 Å². The highest BCUT2D eigenvalue weighted by Gasteiger charge is 1.98. The average molecular weight is 234 g/mol. The molecule has 0 unspecified atom stereocenters. The van der Waals surface area contributed by atoms with E-state index in [1.165, 1.54) is 0 Å². The van der Waals surface area contributed by atoms with E-state index in [2.05, 4.69) is 15.2 Å². The molecule has 0 saturated heterocycles. The molecule has 1 heterocycles. The number of hydrogen-bond acceptors (Lipinski definition) is 4. The van der Waals surface area contributed by atoms with Crippen molar-refractivity contribution < 1.29 is 0 Å². The number of amidine groups is 2. The summed E-state index contributed by atoms with van der Waals surface area (Å²) in [7, 11) is 0. The first kappa shape index (κ1) is 13.1. The lowest BCUT2D eigenvalue weighted by Gasteiger charge is -1.98. The lowest BCUT2D eigenvalue weighted by molar-refractivity contribution is 0.769. The maximum absolute atomic E-state index is 5.70. The van der Waals surface area contributed by atoms with E-state index in [0.29, 0.717) is 24.5 Å². The van der Waals surface area contributed by atoms with Crippen molar-refractivity contribution in [2.45, 2.75) is 19.3 Å². The summed E-state index contributed by atoms with van der Waals surface area (Å²) in [4.78, 5) is 4.05. The molecule has 0 aliphatic heterocycles. The van der Waals surface area contributed by atoms with Gasteiger partial charge in [-0.1, -0.05) is 6.07 Å². The summed E-state index contributed by atoms with van der Waals surface area (Å²) in [6, 6.07) is 5.40. The summed E-state index contributed by atoms with van der Waals surface area (Å²) in [5, 5.41) is 7.69. The van der Waals surface area contributed by atoms with E-state index < -0.39 is 0 Å². The van der Waals surface area contributed by atoms with Gasteiger partial charge in [0.15, 0.2) is 5.84 Å². The van der Waals surface area contributed by atoms with Crippen LogP contribution in [-0.2, 0) is 0 Å². The van der Waals surface area contributed by atoms with Crippen LogP contribution in [-0.4, -0.2) is 23.2 Å². The molecule has 6 nitrogen and oxygen atoms in total. The van der Waals surface area contributed by atoms with Gasteiger partial charge in [-0.25, -0.2) is 0 Å². The molecule has 1 rings (SSSR count). The van der Waals surface area contributed by atoms with Crippen molar-refractivity contribution in [2.75, 3.05) is 6.54 Å². The fourth-order valence-electron chi connectivity index (χ4n) is 1.18. The van der Waals surface area contributed by atoms with Gasteiger partial charge in [-0.2, -0.15) is 0 Å². The second-order valence-electron chi connectivity index (χ2n) is 3.54. The molecule has 1 aromatic heterocycles. The Morgan fingerprint density at radius 2 is 2.00 bits per heavy atom. The van der Waals surface area contributed by atoms with Crippen molar-refractivity contribution in [3.05, 3.63) is 30.1 Å². The Kier molecular flexibility index (Phi) is 5.67. The Hall–Kier alpha value is -1.95. The number of nitrogens with two attached hydrogens (primary N) is 3. The van der Waals surface area contributed by atoms with Crippen molar-refractivity contribution >= 4 is 11.7 Å². The predicted molar refractivity (Wildman–Crippen MR) is 69.5 cm³/mol. The maximum atomic E-state index is 5.70. The first-order valence-electron chi connectivity index (χ1n) is 5.51. The van der Waals surface area contributed by atoms with Crippen LogP contribution in [0.15, 0.2) is 34.6 Å². The first-order valence-corrected chi connectivity index (χ1v) is 5.51. The molecule has 0 aliphatic rings. The fourth-order valence-corrected chi connectivity index (χ4v) is 1.18. The molecule has 0 aromatic carbocycles. The molecule has 17 heavy (non-hydrogen) atoms. The normalized spacial score (nSPS) is 12.8. The molecule has 0 bridgehead atoms. The molecule has 0 amide bonds. The molecule has 0 atom stereocenters. The SMILES string of the molecule is NCCCC/C(N)=N/N=C(\N)c1ccccn1. The summed E-state index contributed by atoms with van der Waals surface area (Å²) in [6.07, 6.45) is 4.16. The lowest BCUT2D eigenvalue weighted by atomic mass is 10.2. The van der Waals surface area contributed by atoms with Gasteiger partial charge in [0.25, 0.3) is 0 Å². The Morgan fingerprint density at radius 3 is 2.65 bits per heavy atom. The largest absolute Gasteiger partial charge is 0.386 e. The van der Waals surface area contributed by atoms with E-state index in [1.54, 1.807) is 18.3 Å². The summed E-state index contributed by atoms with van der Waals surface area (Å²) in [6.45, 7) is 0.659. The second kappa shape index (κ2) is 7.34. The van der Waals surface area contributed by atoms with Gasteiger partial charge in [-0.05, 0) is 31.5 Å². The average Bonchev–Trinajstić information content (AvgIpc) is 2.37. The van der Waals surface area contributed by atoms with Gasteiger partial charge in [0.1, 0.15) is 11.5 Å². The third-order valence-electron chi connectivity index (χ3n) is 2.10. The molecule has 1 aromatic rings. The first-order chi connectivity index (χ1) is 8.24. The standard InChI is InChI=1S/C11H18N6/c12-7-3-1-6-10(13)16-17-11(14)9-5-2-4-8-15-9/h2,4-5,8H,1,3,6-7,12H2,(H2,13,16)(H2,14,17). The van der Waals surface area contributed by atoms with Crippen LogP contribution in [0.25, 0.3) is 0 Å². The Labute approximate surface area is 101 Å². The monoisotopic (exact) mass is 234 g/mol. The molecule has 0 radical (unpaired) electrons. The fraction of sp³-hybridized carbons (Fsp3) is 0.364. The van der Waals surface area contributed by atoms with Gasteiger partial charge in [-0.15, -0.1) is 10.2 Å². The zero-order valence-corrected chi connectivity index (χ0v) is 9.71. The number of unbranched alkanes of at least 4 members (excludes halogenated alkanes) is 1. The molecule has 0 saturated carbocycles. The third-order valence-corrected chi connectivity index (χ3v) is 2.10. The van der Waals surface area contributed by atoms with E-state index in [-0.39, 0.29) is 5.84 Å². The van der Waals surface area contributed by atoms with Crippen molar-refractivity contribution in [3.63, 3.8) is 0 Å². The second-order valence-corrected chi connectivity index (χ2v) is 3.54.